The summed E-state index contributed by atoms with van der Waals surface area (Å²) >= 11 is 0. The first-order chi connectivity index (χ1) is 12.7. The number of hydrogen-bond donors (Lipinski definition) is 0. The highest BCUT2D eigenvalue weighted by atomic mass is 19.3. The molecule has 0 saturated heterocycles. The van der Waals surface area contributed by atoms with Gasteiger partial charge in [-0.1, -0.05) is 26.0 Å². The summed E-state index contributed by atoms with van der Waals surface area (Å²) in [5, 5.41) is 4.02. The van der Waals surface area contributed by atoms with Crippen molar-refractivity contribution in [3.8, 4) is 22.8 Å². The van der Waals surface area contributed by atoms with Gasteiger partial charge in [-0.15, -0.1) is 0 Å². The molecule has 0 saturated carbocycles. The molecule has 0 aliphatic heterocycles. The summed E-state index contributed by atoms with van der Waals surface area (Å²) in [6, 6.07) is 8.78. The second kappa shape index (κ2) is 9.45. The van der Waals surface area contributed by atoms with E-state index in [1.54, 1.807) is 41.3 Å². The second-order valence-electron chi connectivity index (χ2n) is 4.90. The highest BCUT2D eigenvalue weighted by Gasteiger charge is 2.15. The van der Waals surface area contributed by atoms with Crippen LogP contribution in [0.3, 0.4) is 0 Å². The Kier molecular flexibility index (Phi) is 7.02. The Hall–Kier alpha value is -3.03. The smallest absolute Gasteiger partial charge is 0.388 e. The van der Waals surface area contributed by atoms with Crippen molar-refractivity contribution in [1.29, 1.82) is 0 Å². The number of nitrogens with zero attached hydrogens (tertiary/aromatic N) is 4. The van der Waals surface area contributed by atoms with Crippen LogP contribution >= 0.6 is 0 Å². The lowest BCUT2D eigenvalue weighted by molar-refractivity contribution is -0.0524. The third kappa shape index (κ3) is 4.98. The molecule has 0 amide bonds. The van der Waals surface area contributed by atoms with Crippen LogP contribution in [0.25, 0.3) is 11.1 Å². The number of benzene rings is 1. The maximum absolute atomic E-state index is 12.7. The van der Waals surface area contributed by atoms with Crippen molar-refractivity contribution in [3.05, 3.63) is 54.7 Å². The van der Waals surface area contributed by atoms with Gasteiger partial charge in [-0.3, -0.25) is 0 Å². The predicted octanol–water partition coefficient (Wildman–Crippen LogP) is 4.02. The van der Waals surface area contributed by atoms with Crippen LogP contribution in [0.15, 0.2) is 49.2 Å². The standard InChI is InChI=1S/C16H14F2N4O2.C2H6/c1-23-13-4-2-3-12(6-13)14-5-11(8-22-10-19-9-21-22)7-20-15(14)24-16(17)18;1-2/h2-7,9-10,16H,8H2,1H3;1-2H3. The Morgan fingerprint density at radius 3 is 2.65 bits per heavy atom. The molecule has 6 nitrogen and oxygen atoms in total. The fourth-order valence-electron chi connectivity index (χ4n) is 2.26. The lowest BCUT2D eigenvalue weighted by Gasteiger charge is -2.12. The molecule has 138 valence electrons. The quantitative estimate of drug-likeness (QED) is 0.663. The van der Waals surface area contributed by atoms with Crippen molar-refractivity contribution in [2.45, 2.75) is 27.0 Å². The second-order valence-corrected chi connectivity index (χ2v) is 4.90. The zero-order chi connectivity index (χ0) is 18.9. The molecule has 3 aromatic rings. The average molecular weight is 362 g/mol. The summed E-state index contributed by atoms with van der Waals surface area (Å²) in [5.41, 5.74) is 1.89. The Morgan fingerprint density at radius 2 is 2.00 bits per heavy atom. The molecule has 0 aliphatic rings. The van der Waals surface area contributed by atoms with Gasteiger partial charge in [0.05, 0.1) is 13.7 Å². The Morgan fingerprint density at radius 1 is 1.19 bits per heavy atom. The number of ether oxygens (including phenoxy) is 2. The highest BCUT2D eigenvalue weighted by Crippen LogP contribution is 2.32. The predicted molar refractivity (Wildman–Crippen MR) is 93.3 cm³/mol. The molecule has 26 heavy (non-hydrogen) atoms. The third-order valence-electron chi connectivity index (χ3n) is 3.30. The zero-order valence-electron chi connectivity index (χ0n) is 14.8. The van der Waals surface area contributed by atoms with E-state index >= 15 is 0 Å². The summed E-state index contributed by atoms with van der Waals surface area (Å²) in [7, 11) is 1.54. The highest BCUT2D eigenvalue weighted by molar-refractivity contribution is 5.70. The molecule has 1 aromatic carbocycles. The summed E-state index contributed by atoms with van der Waals surface area (Å²) < 4.78 is 36.7. The van der Waals surface area contributed by atoms with Gasteiger partial charge in [0.1, 0.15) is 18.4 Å². The van der Waals surface area contributed by atoms with Gasteiger partial charge in [0.25, 0.3) is 0 Å². The lowest BCUT2D eigenvalue weighted by atomic mass is 10.0. The molecule has 2 aromatic heterocycles. The van der Waals surface area contributed by atoms with Crippen LogP contribution in [0.4, 0.5) is 8.78 Å². The number of pyridine rings is 1. The first-order valence-electron chi connectivity index (χ1n) is 8.06. The average Bonchev–Trinajstić information content (AvgIpc) is 3.17. The van der Waals surface area contributed by atoms with E-state index in [9.17, 15) is 8.78 Å². The van der Waals surface area contributed by atoms with Gasteiger partial charge < -0.3 is 9.47 Å². The monoisotopic (exact) mass is 362 g/mol. The van der Waals surface area contributed by atoms with Crippen LogP contribution in [-0.2, 0) is 6.54 Å². The summed E-state index contributed by atoms with van der Waals surface area (Å²) in [4.78, 5) is 7.90. The molecule has 0 spiro atoms. The minimum Gasteiger partial charge on any atom is -0.497 e. The molecule has 0 N–H and O–H groups in total. The van der Waals surface area contributed by atoms with Crippen molar-refractivity contribution in [1.82, 2.24) is 19.7 Å². The van der Waals surface area contributed by atoms with E-state index in [4.69, 9.17) is 4.74 Å². The zero-order valence-corrected chi connectivity index (χ0v) is 14.8. The van der Waals surface area contributed by atoms with Crippen LogP contribution in [0, 0.1) is 0 Å². The van der Waals surface area contributed by atoms with E-state index in [1.807, 2.05) is 13.8 Å². The van der Waals surface area contributed by atoms with Gasteiger partial charge in [-0.2, -0.15) is 13.9 Å². The molecule has 3 rings (SSSR count). The van der Waals surface area contributed by atoms with Crippen LogP contribution in [-0.4, -0.2) is 33.5 Å². The van der Waals surface area contributed by atoms with Gasteiger partial charge in [0.15, 0.2) is 0 Å². The fourth-order valence-corrected chi connectivity index (χ4v) is 2.26. The minimum atomic E-state index is -2.96. The minimum absolute atomic E-state index is 0.138. The SMILES string of the molecule is CC.COc1cccc(-c2cc(Cn3cncn3)cnc2OC(F)F)c1. The fraction of sp³-hybridized carbons (Fsp3) is 0.278. The molecule has 0 radical (unpaired) electrons. The van der Waals surface area contributed by atoms with Crippen LogP contribution in [0.2, 0.25) is 0 Å². The van der Waals surface area contributed by atoms with Gasteiger partial charge in [-0.05, 0) is 29.3 Å². The first-order valence-corrected chi connectivity index (χ1v) is 8.06. The Balaban J connectivity index is 0.00000117. The first kappa shape index (κ1) is 19.3. The van der Waals surface area contributed by atoms with Crippen molar-refractivity contribution < 1.29 is 18.3 Å². The number of rotatable bonds is 6. The molecule has 0 aliphatic carbocycles. The summed E-state index contributed by atoms with van der Waals surface area (Å²) in [6.07, 6.45) is 4.46. The van der Waals surface area contributed by atoms with Crippen molar-refractivity contribution in [2.75, 3.05) is 7.11 Å². The van der Waals surface area contributed by atoms with E-state index in [-0.39, 0.29) is 5.88 Å². The number of hydrogen-bond acceptors (Lipinski definition) is 5. The van der Waals surface area contributed by atoms with E-state index < -0.39 is 6.61 Å². The number of aromatic nitrogens is 4. The molecule has 0 bridgehead atoms. The van der Waals surface area contributed by atoms with Crippen molar-refractivity contribution >= 4 is 0 Å². The number of halogens is 2. The molecule has 2 heterocycles. The molecule has 0 fully saturated rings. The molecular formula is C18H20F2N4O2. The van der Waals surface area contributed by atoms with Gasteiger partial charge in [-0.25, -0.2) is 14.6 Å². The number of methoxy groups -OCH3 is 1. The normalized spacial score (nSPS) is 10.2. The Bertz CT molecular complexity index is 811. The van der Waals surface area contributed by atoms with Gasteiger partial charge in [0, 0.05) is 11.8 Å². The molecular weight excluding hydrogens is 342 g/mol. The molecule has 8 heteroatoms. The Labute approximate surface area is 150 Å². The summed E-state index contributed by atoms with van der Waals surface area (Å²) in [5.74, 6) is 0.470. The van der Waals surface area contributed by atoms with E-state index in [1.165, 1.54) is 19.6 Å². The van der Waals surface area contributed by atoms with E-state index in [0.29, 0.717) is 23.4 Å². The topological polar surface area (TPSA) is 62.1 Å². The van der Waals surface area contributed by atoms with Crippen LogP contribution < -0.4 is 9.47 Å². The molecule has 0 atom stereocenters. The van der Waals surface area contributed by atoms with Crippen LogP contribution in [0.1, 0.15) is 19.4 Å². The molecule has 0 unspecified atom stereocenters. The lowest BCUT2D eigenvalue weighted by Crippen LogP contribution is -2.07. The van der Waals surface area contributed by atoms with E-state index in [0.717, 1.165) is 5.56 Å². The van der Waals surface area contributed by atoms with Crippen molar-refractivity contribution in [3.63, 3.8) is 0 Å². The maximum Gasteiger partial charge on any atom is 0.388 e. The number of alkyl halides is 2. The van der Waals surface area contributed by atoms with Crippen LogP contribution in [0.5, 0.6) is 11.6 Å². The maximum atomic E-state index is 12.7. The van der Waals surface area contributed by atoms with E-state index in [2.05, 4.69) is 19.8 Å². The summed E-state index contributed by atoms with van der Waals surface area (Å²) in [6.45, 7) is 1.46. The van der Waals surface area contributed by atoms with Crippen molar-refractivity contribution in [2.24, 2.45) is 0 Å². The van der Waals surface area contributed by atoms with Gasteiger partial charge >= 0.3 is 6.61 Å². The van der Waals surface area contributed by atoms with Gasteiger partial charge in [0.2, 0.25) is 5.88 Å². The largest absolute Gasteiger partial charge is 0.497 e. The third-order valence-corrected chi connectivity index (χ3v) is 3.30.